The zero-order chi connectivity index (χ0) is 24.6. The molecule has 0 spiro atoms. The summed E-state index contributed by atoms with van der Waals surface area (Å²) in [7, 11) is 0. The van der Waals surface area contributed by atoms with Gasteiger partial charge >= 0.3 is 6.18 Å². The molecular weight excluding hydrogens is 455 g/mol. The maximum absolute atomic E-state index is 13.5. The SMILES string of the molecule is Cc1cncc(-c2cc(N3CCN(c4ncccc4C(F)(F)F)CC3)nc(N3CCCC3C)n2)c1. The van der Waals surface area contributed by atoms with Crippen molar-refractivity contribution in [3.05, 3.63) is 54.0 Å². The van der Waals surface area contributed by atoms with Gasteiger partial charge in [0.05, 0.1) is 11.3 Å². The molecule has 2 saturated heterocycles. The molecule has 0 saturated carbocycles. The number of hydrogen-bond acceptors (Lipinski definition) is 7. The van der Waals surface area contributed by atoms with Crippen LogP contribution in [0.15, 0.2) is 42.9 Å². The Bertz CT molecular complexity index is 1190. The van der Waals surface area contributed by atoms with E-state index >= 15 is 0 Å². The number of aryl methyl sites for hydroxylation is 1. The van der Waals surface area contributed by atoms with Crippen molar-refractivity contribution in [1.29, 1.82) is 0 Å². The van der Waals surface area contributed by atoms with Crippen molar-refractivity contribution >= 4 is 17.6 Å². The van der Waals surface area contributed by atoms with Crippen LogP contribution >= 0.6 is 0 Å². The van der Waals surface area contributed by atoms with Crippen molar-refractivity contribution in [2.75, 3.05) is 47.4 Å². The van der Waals surface area contributed by atoms with E-state index < -0.39 is 11.7 Å². The number of rotatable bonds is 4. The number of halogens is 3. The van der Waals surface area contributed by atoms with Gasteiger partial charge < -0.3 is 14.7 Å². The van der Waals surface area contributed by atoms with Crippen molar-refractivity contribution in [1.82, 2.24) is 19.9 Å². The molecule has 0 radical (unpaired) electrons. The van der Waals surface area contributed by atoms with E-state index in [4.69, 9.17) is 9.97 Å². The van der Waals surface area contributed by atoms with Crippen LogP contribution in [0, 0.1) is 6.92 Å². The maximum atomic E-state index is 13.5. The van der Waals surface area contributed by atoms with Gasteiger partial charge in [-0.15, -0.1) is 0 Å². The molecule has 184 valence electrons. The molecule has 3 aromatic rings. The molecule has 3 aromatic heterocycles. The molecule has 2 fully saturated rings. The summed E-state index contributed by atoms with van der Waals surface area (Å²) in [5, 5.41) is 0. The first kappa shape index (κ1) is 23.3. The Morgan fingerprint density at radius 3 is 2.43 bits per heavy atom. The van der Waals surface area contributed by atoms with Crippen LogP contribution in [-0.4, -0.2) is 58.7 Å². The molecule has 2 aliphatic heterocycles. The van der Waals surface area contributed by atoms with Gasteiger partial charge in [0.2, 0.25) is 5.95 Å². The average molecular weight is 484 g/mol. The summed E-state index contributed by atoms with van der Waals surface area (Å²) in [6.45, 7) is 6.98. The van der Waals surface area contributed by atoms with Gasteiger partial charge in [0.15, 0.2) is 0 Å². The predicted octanol–water partition coefficient (Wildman–Crippen LogP) is 4.58. The van der Waals surface area contributed by atoms with Crippen LogP contribution in [0.2, 0.25) is 0 Å². The van der Waals surface area contributed by atoms with E-state index in [0.29, 0.717) is 38.2 Å². The van der Waals surface area contributed by atoms with Gasteiger partial charge in [-0.05, 0) is 50.5 Å². The lowest BCUT2D eigenvalue weighted by atomic mass is 10.1. The van der Waals surface area contributed by atoms with Crippen molar-refractivity contribution in [2.45, 2.75) is 38.9 Å². The van der Waals surface area contributed by atoms with Gasteiger partial charge in [0.25, 0.3) is 0 Å². The Labute approximate surface area is 202 Å². The fourth-order valence-electron chi connectivity index (χ4n) is 4.80. The van der Waals surface area contributed by atoms with E-state index in [1.165, 1.54) is 12.3 Å². The predicted molar refractivity (Wildman–Crippen MR) is 130 cm³/mol. The zero-order valence-electron chi connectivity index (χ0n) is 19.8. The fourth-order valence-corrected chi connectivity index (χ4v) is 4.80. The van der Waals surface area contributed by atoms with Gasteiger partial charge in [-0.1, -0.05) is 0 Å². The first-order chi connectivity index (χ1) is 16.8. The fraction of sp³-hybridized carbons (Fsp3) is 0.440. The Kier molecular flexibility index (Phi) is 6.21. The van der Waals surface area contributed by atoms with Crippen molar-refractivity contribution in [2.24, 2.45) is 0 Å². The van der Waals surface area contributed by atoms with Gasteiger partial charge in [0, 0.05) is 69.0 Å². The molecule has 1 atom stereocenters. The third-order valence-electron chi connectivity index (χ3n) is 6.68. The second-order valence-electron chi connectivity index (χ2n) is 9.19. The Hall–Kier alpha value is -3.43. The van der Waals surface area contributed by atoms with E-state index in [0.717, 1.165) is 48.1 Å². The highest BCUT2D eigenvalue weighted by molar-refractivity contribution is 5.65. The van der Waals surface area contributed by atoms with Gasteiger partial charge in [-0.25, -0.2) is 9.97 Å². The Morgan fingerprint density at radius 1 is 0.971 bits per heavy atom. The largest absolute Gasteiger partial charge is 0.419 e. The summed E-state index contributed by atoms with van der Waals surface area (Å²) in [5.74, 6) is 1.46. The minimum absolute atomic E-state index is 0.0135. The minimum Gasteiger partial charge on any atom is -0.353 e. The van der Waals surface area contributed by atoms with Crippen molar-refractivity contribution in [3.8, 4) is 11.3 Å². The molecule has 5 rings (SSSR count). The van der Waals surface area contributed by atoms with E-state index in [1.54, 1.807) is 17.3 Å². The molecule has 0 amide bonds. The number of nitrogens with zero attached hydrogens (tertiary/aromatic N) is 7. The zero-order valence-corrected chi connectivity index (χ0v) is 19.8. The highest BCUT2D eigenvalue weighted by Gasteiger charge is 2.36. The van der Waals surface area contributed by atoms with Gasteiger partial charge in [-0.2, -0.15) is 18.2 Å². The second kappa shape index (κ2) is 9.31. The van der Waals surface area contributed by atoms with Crippen LogP contribution in [-0.2, 0) is 6.18 Å². The lowest BCUT2D eigenvalue weighted by Gasteiger charge is -2.37. The normalized spacial score (nSPS) is 18.9. The third-order valence-corrected chi connectivity index (χ3v) is 6.68. The number of hydrogen-bond donors (Lipinski definition) is 0. The van der Waals surface area contributed by atoms with E-state index in [2.05, 4.69) is 26.7 Å². The van der Waals surface area contributed by atoms with Crippen LogP contribution in [0.3, 0.4) is 0 Å². The molecule has 0 N–H and O–H groups in total. The van der Waals surface area contributed by atoms with Crippen molar-refractivity contribution < 1.29 is 13.2 Å². The number of pyridine rings is 2. The van der Waals surface area contributed by atoms with Crippen LogP contribution < -0.4 is 14.7 Å². The molecule has 0 aliphatic carbocycles. The number of alkyl halides is 3. The topological polar surface area (TPSA) is 61.3 Å². The minimum atomic E-state index is -4.44. The number of aromatic nitrogens is 4. The molecular formula is C25H28F3N7. The van der Waals surface area contributed by atoms with Crippen LogP contribution in [0.4, 0.5) is 30.8 Å². The van der Waals surface area contributed by atoms with E-state index in [-0.39, 0.29) is 5.82 Å². The molecule has 5 heterocycles. The molecule has 10 heteroatoms. The highest BCUT2D eigenvalue weighted by atomic mass is 19.4. The van der Waals surface area contributed by atoms with Crippen molar-refractivity contribution in [3.63, 3.8) is 0 Å². The second-order valence-corrected chi connectivity index (χ2v) is 9.19. The molecule has 2 aliphatic rings. The quantitative estimate of drug-likeness (QED) is 0.539. The molecule has 1 unspecified atom stereocenters. The highest BCUT2D eigenvalue weighted by Crippen LogP contribution is 2.36. The third kappa shape index (κ3) is 4.87. The molecule has 35 heavy (non-hydrogen) atoms. The summed E-state index contributed by atoms with van der Waals surface area (Å²) >= 11 is 0. The summed E-state index contributed by atoms with van der Waals surface area (Å²) in [6, 6.07) is 6.78. The summed E-state index contributed by atoms with van der Waals surface area (Å²) in [6.07, 6.45) is 2.77. The van der Waals surface area contributed by atoms with E-state index in [9.17, 15) is 13.2 Å². The first-order valence-electron chi connectivity index (χ1n) is 11.9. The standard InChI is InChI=1S/C25H28F3N7/c1-17-13-19(16-29-15-17)21-14-22(32-24(31-21)35-8-4-5-18(35)2)33-9-11-34(12-10-33)23-20(25(26,27)28)6-3-7-30-23/h3,6-7,13-16,18H,4-5,8-12H2,1-2H3. The average Bonchev–Trinajstić information content (AvgIpc) is 3.29. The monoisotopic (exact) mass is 483 g/mol. The molecule has 7 nitrogen and oxygen atoms in total. The maximum Gasteiger partial charge on any atom is 0.419 e. The summed E-state index contributed by atoms with van der Waals surface area (Å²) in [5.41, 5.74) is 2.06. The number of anilines is 3. The molecule has 0 aromatic carbocycles. The number of piperazine rings is 1. The van der Waals surface area contributed by atoms with Gasteiger partial charge in [-0.3, -0.25) is 4.98 Å². The van der Waals surface area contributed by atoms with Gasteiger partial charge in [0.1, 0.15) is 11.6 Å². The van der Waals surface area contributed by atoms with Crippen LogP contribution in [0.5, 0.6) is 0 Å². The van der Waals surface area contributed by atoms with Crippen LogP contribution in [0.25, 0.3) is 11.3 Å². The lowest BCUT2D eigenvalue weighted by molar-refractivity contribution is -0.137. The van der Waals surface area contributed by atoms with Crippen LogP contribution in [0.1, 0.15) is 30.9 Å². The molecule has 0 bridgehead atoms. The smallest absolute Gasteiger partial charge is 0.353 e. The Balaban J connectivity index is 1.43. The van der Waals surface area contributed by atoms with E-state index in [1.807, 2.05) is 19.1 Å². The first-order valence-corrected chi connectivity index (χ1v) is 11.9. The Morgan fingerprint density at radius 2 is 1.74 bits per heavy atom. The summed E-state index contributed by atoms with van der Waals surface area (Å²) in [4.78, 5) is 24.2. The lowest BCUT2D eigenvalue weighted by Crippen LogP contribution is -2.47. The summed E-state index contributed by atoms with van der Waals surface area (Å²) < 4.78 is 40.5.